The summed E-state index contributed by atoms with van der Waals surface area (Å²) in [6.07, 6.45) is 1.75. The van der Waals surface area contributed by atoms with Crippen molar-refractivity contribution in [1.82, 2.24) is 10.1 Å². The van der Waals surface area contributed by atoms with Gasteiger partial charge in [0.05, 0.1) is 12.0 Å². The average molecular weight is 422 g/mol. The van der Waals surface area contributed by atoms with Gasteiger partial charge in [-0.15, -0.1) is 0 Å². The summed E-state index contributed by atoms with van der Waals surface area (Å²) in [6, 6.07) is 16.7. The van der Waals surface area contributed by atoms with Gasteiger partial charge in [-0.1, -0.05) is 35.0 Å². The summed E-state index contributed by atoms with van der Waals surface area (Å²) in [4.78, 5) is 16.9. The molecule has 0 unspecified atom stereocenters. The Kier molecular flexibility index (Phi) is 5.59. The van der Waals surface area contributed by atoms with Crippen LogP contribution in [0.4, 0.5) is 10.3 Å². The van der Waals surface area contributed by atoms with Gasteiger partial charge < -0.3 is 4.52 Å². The maximum absolute atomic E-state index is 13.4. The number of hydrogen-bond donors (Lipinski definition) is 1. The standard InChI is InChI=1S/C23H17ClFN3O2/c1-14-12-17(10-11-26-14)21-22(15-6-8-18(25)9-7-15)28-30-23(21)27-20(29)13-16-4-2-3-5-19(16)24/h2-12H,13H2,1H3,(H,27,29). The van der Waals surface area contributed by atoms with E-state index in [-0.39, 0.29) is 24.0 Å². The van der Waals surface area contributed by atoms with Gasteiger partial charge in [-0.2, -0.15) is 0 Å². The van der Waals surface area contributed by atoms with Crippen LogP contribution in [0.2, 0.25) is 5.02 Å². The van der Waals surface area contributed by atoms with Gasteiger partial charge in [-0.25, -0.2) is 4.39 Å². The fourth-order valence-electron chi connectivity index (χ4n) is 3.13. The van der Waals surface area contributed by atoms with Gasteiger partial charge in [0.2, 0.25) is 11.8 Å². The van der Waals surface area contributed by atoms with E-state index >= 15 is 0 Å². The highest BCUT2D eigenvalue weighted by Gasteiger charge is 2.22. The molecule has 5 nitrogen and oxygen atoms in total. The number of hydrogen-bond acceptors (Lipinski definition) is 4. The molecule has 0 aliphatic carbocycles. The minimum Gasteiger partial charge on any atom is -0.337 e. The largest absolute Gasteiger partial charge is 0.337 e. The molecule has 4 rings (SSSR count). The van der Waals surface area contributed by atoms with Crippen LogP contribution in [0.5, 0.6) is 0 Å². The first-order valence-electron chi connectivity index (χ1n) is 9.23. The Labute approximate surface area is 177 Å². The zero-order valence-corrected chi connectivity index (χ0v) is 16.8. The number of pyridine rings is 1. The average Bonchev–Trinajstić information content (AvgIpc) is 3.13. The number of benzene rings is 2. The SMILES string of the molecule is Cc1cc(-c2c(-c3ccc(F)cc3)noc2NC(=O)Cc2ccccc2Cl)ccn1. The molecule has 0 spiro atoms. The van der Waals surface area contributed by atoms with Gasteiger partial charge in [0.1, 0.15) is 11.5 Å². The zero-order valence-electron chi connectivity index (χ0n) is 16.0. The predicted octanol–water partition coefficient (Wildman–Crippen LogP) is 5.69. The Balaban J connectivity index is 1.71. The molecule has 0 radical (unpaired) electrons. The van der Waals surface area contributed by atoms with Crippen LogP contribution < -0.4 is 5.32 Å². The quantitative estimate of drug-likeness (QED) is 0.449. The molecule has 2 aromatic carbocycles. The molecule has 2 heterocycles. The molecular weight excluding hydrogens is 405 g/mol. The smallest absolute Gasteiger partial charge is 0.239 e. The van der Waals surface area contributed by atoms with E-state index in [1.54, 1.807) is 42.6 Å². The number of anilines is 1. The van der Waals surface area contributed by atoms with Crippen molar-refractivity contribution < 1.29 is 13.7 Å². The van der Waals surface area contributed by atoms with Gasteiger partial charge >= 0.3 is 0 Å². The second kappa shape index (κ2) is 8.47. The van der Waals surface area contributed by atoms with E-state index in [1.165, 1.54) is 12.1 Å². The van der Waals surface area contributed by atoms with Crippen molar-refractivity contribution in [3.05, 3.63) is 89.0 Å². The molecule has 0 aliphatic heterocycles. The van der Waals surface area contributed by atoms with Gasteiger partial charge in [-0.05, 0) is 60.5 Å². The molecule has 0 bridgehead atoms. The van der Waals surface area contributed by atoms with E-state index in [0.717, 1.165) is 11.3 Å². The number of amides is 1. The molecule has 0 saturated carbocycles. The maximum Gasteiger partial charge on any atom is 0.239 e. The number of carbonyl (C=O) groups is 1. The Morgan fingerprint density at radius 2 is 1.87 bits per heavy atom. The molecule has 0 aliphatic rings. The Morgan fingerprint density at radius 3 is 2.60 bits per heavy atom. The van der Waals surface area contributed by atoms with Crippen LogP contribution in [0.1, 0.15) is 11.3 Å². The van der Waals surface area contributed by atoms with Crippen LogP contribution >= 0.6 is 11.6 Å². The lowest BCUT2D eigenvalue weighted by atomic mass is 10.0. The summed E-state index contributed by atoms with van der Waals surface area (Å²) in [6.45, 7) is 1.87. The van der Waals surface area contributed by atoms with E-state index in [1.807, 2.05) is 19.1 Å². The van der Waals surface area contributed by atoms with Crippen molar-refractivity contribution in [1.29, 1.82) is 0 Å². The molecule has 4 aromatic rings. The molecule has 1 amide bonds. The molecule has 2 aromatic heterocycles. The van der Waals surface area contributed by atoms with Crippen LogP contribution in [0.25, 0.3) is 22.4 Å². The van der Waals surface area contributed by atoms with Crippen LogP contribution in [-0.2, 0) is 11.2 Å². The summed E-state index contributed by atoms with van der Waals surface area (Å²) in [5, 5.41) is 7.44. The minimum absolute atomic E-state index is 0.0844. The van der Waals surface area contributed by atoms with E-state index in [4.69, 9.17) is 16.1 Å². The number of carbonyl (C=O) groups excluding carboxylic acids is 1. The number of aryl methyl sites for hydroxylation is 1. The van der Waals surface area contributed by atoms with E-state index in [0.29, 0.717) is 27.4 Å². The highest BCUT2D eigenvalue weighted by atomic mass is 35.5. The molecular formula is C23H17ClFN3O2. The lowest BCUT2D eigenvalue weighted by molar-refractivity contribution is -0.115. The molecule has 0 atom stereocenters. The summed E-state index contributed by atoms with van der Waals surface area (Å²) < 4.78 is 18.9. The fraction of sp³-hybridized carbons (Fsp3) is 0.0870. The van der Waals surface area contributed by atoms with Crippen molar-refractivity contribution in [2.75, 3.05) is 5.32 Å². The van der Waals surface area contributed by atoms with Crippen molar-refractivity contribution in [2.45, 2.75) is 13.3 Å². The third-order valence-corrected chi connectivity index (χ3v) is 4.93. The van der Waals surface area contributed by atoms with Crippen molar-refractivity contribution in [3.8, 4) is 22.4 Å². The van der Waals surface area contributed by atoms with Gasteiger partial charge in [-0.3, -0.25) is 15.1 Å². The van der Waals surface area contributed by atoms with Crippen LogP contribution in [0.3, 0.4) is 0 Å². The first-order valence-corrected chi connectivity index (χ1v) is 9.61. The van der Waals surface area contributed by atoms with Gasteiger partial charge in [0.15, 0.2) is 0 Å². The molecule has 150 valence electrons. The molecule has 7 heteroatoms. The number of rotatable bonds is 5. The zero-order chi connectivity index (χ0) is 21.1. The number of nitrogens with zero attached hydrogens (tertiary/aromatic N) is 2. The van der Waals surface area contributed by atoms with E-state index < -0.39 is 0 Å². The maximum atomic E-state index is 13.4. The van der Waals surface area contributed by atoms with Gasteiger partial charge in [0.25, 0.3) is 0 Å². The lowest BCUT2D eigenvalue weighted by Gasteiger charge is -2.08. The second-order valence-corrected chi connectivity index (χ2v) is 7.15. The summed E-state index contributed by atoms with van der Waals surface area (Å²) >= 11 is 6.16. The monoisotopic (exact) mass is 421 g/mol. The second-order valence-electron chi connectivity index (χ2n) is 6.74. The van der Waals surface area contributed by atoms with Crippen LogP contribution in [0.15, 0.2) is 71.4 Å². The van der Waals surface area contributed by atoms with E-state index in [9.17, 15) is 9.18 Å². The van der Waals surface area contributed by atoms with Crippen molar-refractivity contribution >= 4 is 23.4 Å². The Morgan fingerprint density at radius 1 is 1.10 bits per heavy atom. The Hall–Kier alpha value is -3.51. The third-order valence-electron chi connectivity index (χ3n) is 4.56. The number of aromatic nitrogens is 2. The summed E-state index contributed by atoms with van der Waals surface area (Å²) in [5.74, 6) is -0.439. The molecule has 30 heavy (non-hydrogen) atoms. The number of nitrogens with one attached hydrogen (secondary N) is 1. The molecule has 0 saturated heterocycles. The summed E-state index contributed by atoms with van der Waals surface area (Å²) in [5.41, 5.74) is 4.03. The Bertz CT molecular complexity index is 1210. The summed E-state index contributed by atoms with van der Waals surface area (Å²) in [7, 11) is 0. The highest BCUT2D eigenvalue weighted by molar-refractivity contribution is 6.31. The third kappa shape index (κ3) is 4.23. The molecule has 0 fully saturated rings. The highest BCUT2D eigenvalue weighted by Crippen LogP contribution is 2.38. The van der Waals surface area contributed by atoms with Gasteiger partial charge in [0, 0.05) is 22.5 Å². The van der Waals surface area contributed by atoms with E-state index in [2.05, 4.69) is 15.5 Å². The topological polar surface area (TPSA) is 68.0 Å². The predicted molar refractivity (Wildman–Crippen MR) is 114 cm³/mol. The lowest BCUT2D eigenvalue weighted by Crippen LogP contribution is -2.14. The first-order chi connectivity index (χ1) is 14.5. The fourth-order valence-corrected chi connectivity index (χ4v) is 3.34. The molecule has 1 N–H and O–H groups in total. The van der Waals surface area contributed by atoms with Crippen LogP contribution in [0, 0.1) is 12.7 Å². The van der Waals surface area contributed by atoms with Crippen molar-refractivity contribution in [2.24, 2.45) is 0 Å². The number of halogens is 2. The normalized spacial score (nSPS) is 10.8. The van der Waals surface area contributed by atoms with Crippen LogP contribution in [-0.4, -0.2) is 16.0 Å². The first kappa shape index (κ1) is 19.8. The minimum atomic E-state index is -0.350. The van der Waals surface area contributed by atoms with Crippen molar-refractivity contribution in [3.63, 3.8) is 0 Å².